The molecule has 1 fully saturated rings. The monoisotopic (exact) mass is 263 g/mol. The van der Waals surface area contributed by atoms with Gasteiger partial charge in [0.2, 0.25) is 0 Å². The number of aliphatic carboxylic acids is 1. The minimum absolute atomic E-state index is 0.00849. The van der Waals surface area contributed by atoms with E-state index in [1.54, 1.807) is 6.92 Å². The zero-order chi connectivity index (χ0) is 13.5. The Morgan fingerprint density at radius 3 is 2.24 bits per heavy atom. The van der Waals surface area contributed by atoms with Crippen LogP contribution < -0.4 is 5.73 Å². The Balaban J connectivity index is 0. The Kier molecular flexibility index (Phi) is 15.5. The van der Waals surface area contributed by atoms with Crippen LogP contribution in [0.4, 0.5) is 4.79 Å². The third-order valence-electron chi connectivity index (χ3n) is 1.54. The summed E-state index contributed by atoms with van der Waals surface area (Å²) < 4.78 is 9.39. The van der Waals surface area contributed by atoms with Gasteiger partial charge in [0.1, 0.15) is 0 Å². The van der Waals surface area contributed by atoms with E-state index in [1.807, 2.05) is 0 Å². The third kappa shape index (κ3) is 25.2. The molecule has 1 aliphatic rings. The maximum absolute atomic E-state index is 9.60. The normalized spacial score (nSPS) is 14.4. The highest BCUT2D eigenvalue weighted by Crippen LogP contribution is 2.01. The van der Waals surface area contributed by atoms with Crippen LogP contribution in [-0.4, -0.2) is 40.1 Å². The molecule has 0 atom stereocenters. The van der Waals surface area contributed by atoms with E-state index in [4.69, 9.17) is 9.53 Å². The second-order valence-corrected chi connectivity index (χ2v) is 4.49. The van der Waals surface area contributed by atoms with E-state index in [1.165, 1.54) is 18.9 Å². The van der Waals surface area contributed by atoms with Crippen molar-refractivity contribution in [3.8, 4) is 0 Å². The molecule has 0 aliphatic carbocycles. The fraction of sp³-hybridized carbons (Fsp3) is 0.600. The second-order valence-electron chi connectivity index (χ2n) is 2.97. The number of hydrogen-bond donors (Lipinski definition) is 2. The molecule has 3 N–H and O–H groups in total. The molecule has 1 aliphatic heterocycles. The number of rotatable bonds is 2. The topological polar surface area (TPSA) is 98.8 Å². The third-order valence-corrected chi connectivity index (χ3v) is 2.90. The average Bonchev–Trinajstić information content (AvgIpc) is 2.32. The van der Waals surface area contributed by atoms with Crippen LogP contribution >= 0.6 is 0 Å². The van der Waals surface area contributed by atoms with E-state index in [0.717, 1.165) is 12.7 Å². The van der Waals surface area contributed by atoms with E-state index >= 15 is 0 Å². The van der Waals surface area contributed by atoms with Gasteiger partial charge in [-0.3, -0.25) is 0 Å². The smallest absolute Gasteiger partial charge is 0.404 e. The first-order valence-corrected chi connectivity index (χ1v) is 6.97. The summed E-state index contributed by atoms with van der Waals surface area (Å²) in [4.78, 5) is 18.8. The number of ether oxygens (including phenoxy) is 1. The molecule has 0 aromatic rings. The Morgan fingerprint density at radius 2 is 2.18 bits per heavy atom. The Morgan fingerprint density at radius 1 is 1.59 bits per heavy atom. The molecule has 1 saturated heterocycles. The highest BCUT2D eigenvalue weighted by molar-refractivity contribution is 6.27. The zero-order valence-electron chi connectivity index (χ0n) is 10.2. The van der Waals surface area contributed by atoms with Crippen LogP contribution in [0.15, 0.2) is 12.7 Å². The van der Waals surface area contributed by atoms with Gasteiger partial charge >= 0.3 is 12.1 Å². The van der Waals surface area contributed by atoms with E-state index in [9.17, 15) is 9.59 Å². The van der Waals surface area contributed by atoms with E-state index in [2.05, 4.69) is 17.0 Å². The van der Waals surface area contributed by atoms with Crippen molar-refractivity contribution in [2.24, 2.45) is 5.73 Å². The molecule has 1 amide bonds. The number of nitrogens with two attached hydrogens (primary N) is 1. The van der Waals surface area contributed by atoms with Gasteiger partial charge in [0.05, 0.1) is 6.61 Å². The molecule has 1 heterocycles. The second kappa shape index (κ2) is 14.7. The summed E-state index contributed by atoms with van der Waals surface area (Å²) in [6.07, 6.45) is 2.87. The van der Waals surface area contributed by atoms with Crippen LogP contribution in [0, 0.1) is 0 Å². The molecule has 17 heavy (non-hydrogen) atoms. The highest BCUT2D eigenvalue weighted by Gasteiger charge is 1.96. The van der Waals surface area contributed by atoms with Gasteiger partial charge in [-0.25, -0.2) is 9.59 Å². The fourth-order valence-electron chi connectivity index (χ4n) is 0.829. The van der Waals surface area contributed by atoms with Gasteiger partial charge in [0.25, 0.3) is 0 Å². The van der Waals surface area contributed by atoms with E-state index in [0.29, 0.717) is 6.61 Å². The molecule has 0 unspecified atom stereocenters. The van der Waals surface area contributed by atoms with Gasteiger partial charge in [-0.1, -0.05) is 13.0 Å². The summed E-state index contributed by atoms with van der Waals surface area (Å²) in [6.45, 7) is 6.08. The zero-order valence-corrected chi connectivity index (χ0v) is 11.6. The van der Waals surface area contributed by atoms with Crippen molar-refractivity contribution in [1.82, 2.24) is 0 Å². The first kappa shape index (κ1) is 18.0. The molecule has 0 spiro atoms. The van der Waals surface area contributed by atoms with Crippen molar-refractivity contribution in [3.05, 3.63) is 12.7 Å². The highest BCUT2D eigenvalue weighted by atomic mass is 28.2. The quantitative estimate of drug-likeness (QED) is 0.563. The fourth-order valence-corrected chi connectivity index (χ4v) is 2.00. The maximum Gasteiger partial charge on any atom is 0.404 e. The summed E-state index contributed by atoms with van der Waals surface area (Å²) in [5.41, 5.74) is 4.54. The van der Waals surface area contributed by atoms with Crippen LogP contribution in [0.1, 0.15) is 19.8 Å². The van der Waals surface area contributed by atoms with Gasteiger partial charge in [-0.2, -0.15) is 0 Å². The lowest BCUT2D eigenvalue weighted by atomic mass is 10.4. The molecule has 1 rings (SSSR count). The van der Waals surface area contributed by atoms with Crippen molar-refractivity contribution in [2.75, 3.05) is 13.2 Å². The van der Waals surface area contributed by atoms with Crippen LogP contribution in [0.25, 0.3) is 0 Å². The molecule has 0 radical (unpaired) electrons. The van der Waals surface area contributed by atoms with Crippen LogP contribution in [0.5, 0.6) is 0 Å². The minimum atomic E-state index is -0.981. The van der Waals surface area contributed by atoms with Crippen LogP contribution in [0.2, 0.25) is 6.04 Å². The van der Waals surface area contributed by atoms with Gasteiger partial charge in [0, 0.05) is 12.7 Å². The lowest BCUT2D eigenvalue weighted by Crippen LogP contribution is -2.11. The van der Waals surface area contributed by atoms with Crippen molar-refractivity contribution >= 4 is 21.8 Å². The predicted octanol–water partition coefficient (Wildman–Crippen LogP) is 0.657. The molecule has 0 saturated carbocycles. The summed E-state index contributed by atoms with van der Waals surface area (Å²) in [5, 5.41) is 7.60. The number of carboxylic acids is 1. The van der Waals surface area contributed by atoms with Crippen molar-refractivity contribution in [3.63, 3.8) is 0 Å². The Hall–Kier alpha value is -1.34. The largest absolute Gasteiger partial charge is 0.478 e. The SMILES string of the molecule is C1CC[SiH2]OC1.C=CC(=O)O.CCOC(N)=O. The molecule has 0 aromatic heterocycles. The van der Waals surface area contributed by atoms with Crippen molar-refractivity contribution in [2.45, 2.75) is 25.8 Å². The number of hydrogen-bond acceptors (Lipinski definition) is 4. The average molecular weight is 263 g/mol. The molecular formula is C10H21NO5Si. The maximum atomic E-state index is 9.60. The summed E-state index contributed by atoms with van der Waals surface area (Å²) in [7, 11) is 0.00849. The standard InChI is InChI=1S/C4H10OSi.C3H7NO2.C3H4O2/c1-2-4-6-5-3-1;1-2-6-3(4)5;1-2-3(4)5/h1-4,6H2;2H2,1H3,(H2,4,5);2H,1H2,(H,4,5). The summed E-state index contributed by atoms with van der Waals surface area (Å²) in [5.74, 6) is -0.981. The number of carbonyl (C=O) groups is 2. The van der Waals surface area contributed by atoms with Crippen molar-refractivity contribution in [1.29, 1.82) is 0 Å². The number of amides is 1. The first-order chi connectivity index (χ1) is 8.04. The van der Waals surface area contributed by atoms with Crippen LogP contribution in [0.3, 0.4) is 0 Å². The molecule has 0 bridgehead atoms. The first-order valence-electron chi connectivity index (χ1n) is 5.39. The molecule has 7 heteroatoms. The molecule has 6 nitrogen and oxygen atoms in total. The van der Waals surface area contributed by atoms with Gasteiger partial charge in [-0.05, 0) is 19.4 Å². The van der Waals surface area contributed by atoms with E-state index in [-0.39, 0.29) is 9.76 Å². The van der Waals surface area contributed by atoms with Crippen LogP contribution in [-0.2, 0) is 14.0 Å². The van der Waals surface area contributed by atoms with E-state index < -0.39 is 12.1 Å². The Labute approximate surface area is 104 Å². The lowest BCUT2D eigenvalue weighted by Gasteiger charge is -2.07. The molecule has 0 aromatic carbocycles. The van der Waals surface area contributed by atoms with Gasteiger partial charge in [-0.15, -0.1) is 0 Å². The lowest BCUT2D eigenvalue weighted by molar-refractivity contribution is -0.131. The summed E-state index contributed by atoms with van der Waals surface area (Å²) >= 11 is 0. The van der Waals surface area contributed by atoms with Gasteiger partial charge < -0.3 is 20.0 Å². The predicted molar refractivity (Wildman–Crippen MR) is 67.6 cm³/mol. The number of carboxylic acid groups (broad SMARTS) is 1. The van der Waals surface area contributed by atoms with Crippen molar-refractivity contribution < 1.29 is 23.9 Å². The molecule has 100 valence electrons. The Bertz CT molecular complexity index is 207. The minimum Gasteiger partial charge on any atom is -0.478 e. The van der Waals surface area contributed by atoms with Gasteiger partial charge in [0.15, 0.2) is 9.76 Å². The summed E-state index contributed by atoms with van der Waals surface area (Å²) in [6, 6.07) is 1.42. The number of carbonyl (C=O) groups excluding carboxylic acids is 1. The number of primary amides is 1. The molecular weight excluding hydrogens is 242 g/mol.